The highest BCUT2D eigenvalue weighted by Gasteiger charge is 2.16. The van der Waals surface area contributed by atoms with E-state index in [2.05, 4.69) is 50.2 Å². The van der Waals surface area contributed by atoms with E-state index < -0.39 is 0 Å². The summed E-state index contributed by atoms with van der Waals surface area (Å²) in [7, 11) is 1.83. The van der Waals surface area contributed by atoms with Gasteiger partial charge in [0.2, 0.25) is 0 Å². The monoisotopic (exact) mass is 384 g/mol. The topological polar surface area (TPSA) is 48.9 Å². The van der Waals surface area contributed by atoms with Crippen LogP contribution in [0.4, 0.5) is 0 Å². The number of benzene rings is 1. The molecule has 0 atom stereocenters. The van der Waals surface area contributed by atoms with Gasteiger partial charge < -0.3 is 15.4 Å². The van der Waals surface area contributed by atoms with E-state index in [0.29, 0.717) is 0 Å². The van der Waals surface area contributed by atoms with Crippen LogP contribution in [0.1, 0.15) is 21.6 Å². The summed E-state index contributed by atoms with van der Waals surface area (Å²) in [5.74, 6) is 1.93. The van der Waals surface area contributed by atoms with Crippen molar-refractivity contribution in [3.8, 4) is 5.75 Å². The van der Waals surface area contributed by atoms with Gasteiger partial charge >= 0.3 is 0 Å². The van der Waals surface area contributed by atoms with Crippen molar-refractivity contribution >= 4 is 17.3 Å². The van der Waals surface area contributed by atoms with Crippen molar-refractivity contribution in [3.63, 3.8) is 0 Å². The van der Waals surface area contributed by atoms with Crippen LogP contribution in [0, 0.1) is 0 Å². The molecule has 0 amide bonds. The van der Waals surface area contributed by atoms with E-state index in [1.807, 2.05) is 18.4 Å². The summed E-state index contributed by atoms with van der Waals surface area (Å²) in [5, 5.41) is 9.08. The fraction of sp³-hybridized carbons (Fsp3) is 0.476. The molecule has 6 heteroatoms. The molecule has 0 aliphatic carbocycles. The van der Waals surface area contributed by atoms with Crippen LogP contribution in [0.3, 0.4) is 0 Å². The lowest BCUT2D eigenvalue weighted by Crippen LogP contribution is -2.43. The van der Waals surface area contributed by atoms with Crippen LogP contribution in [0.5, 0.6) is 5.75 Å². The zero-order chi connectivity index (χ0) is 18.5. The van der Waals surface area contributed by atoms with Crippen molar-refractivity contribution in [1.29, 1.82) is 0 Å². The Kier molecular flexibility index (Phi) is 5.94. The molecule has 0 spiro atoms. The number of thiophene rings is 1. The van der Waals surface area contributed by atoms with Crippen molar-refractivity contribution in [1.82, 2.24) is 15.5 Å². The number of nitrogens with one attached hydrogen (secondary N) is 2. The Balaban J connectivity index is 1.17. The molecular formula is C21H28N4OS. The standard InChI is InChI=1S/C21H28N4OS/c1-22-21(23-8-4-16-2-3-19-17(14-16)6-12-26-19)24-9-11-25-10-5-20-18(15-25)7-13-27-20/h2-3,7,13-14H,4-6,8-12,15H2,1H3,(H2,22,23,24). The van der Waals surface area contributed by atoms with Crippen molar-refractivity contribution in [2.24, 2.45) is 4.99 Å². The Morgan fingerprint density at radius 3 is 3.04 bits per heavy atom. The average molecular weight is 385 g/mol. The first kappa shape index (κ1) is 18.3. The maximum atomic E-state index is 5.57. The quantitative estimate of drug-likeness (QED) is 0.593. The summed E-state index contributed by atoms with van der Waals surface area (Å²) in [6.07, 6.45) is 3.20. The fourth-order valence-electron chi connectivity index (χ4n) is 3.77. The summed E-state index contributed by atoms with van der Waals surface area (Å²) >= 11 is 1.90. The minimum absolute atomic E-state index is 0.818. The number of hydrogen-bond donors (Lipinski definition) is 2. The first-order chi connectivity index (χ1) is 13.3. The van der Waals surface area contributed by atoms with Crippen LogP contribution in [-0.4, -0.2) is 50.7 Å². The first-order valence-electron chi connectivity index (χ1n) is 9.78. The third-order valence-electron chi connectivity index (χ3n) is 5.29. The van der Waals surface area contributed by atoms with E-state index in [1.54, 1.807) is 4.88 Å². The fourth-order valence-corrected chi connectivity index (χ4v) is 4.66. The largest absolute Gasteiger partial charge is 0.493 e. The molecule has 2 N–H and O–H groups in total. The minimum atomic E-state index is 0.818. The lowest BCUT2D eigenvalue weighted by molar-refractivity contribution is 0.260. The lowest BCUT2D eigenvalue weighted by Gasteiger charge is -2.27. The first-order valence-corrected chi connectivity index (χ1v) is 10.7. The number of aliphatic imine (C=N–C) groups is 1. The van der Waals surface area contributed by atoms with Crippen LogP contribution in [0.2, 0.25) is 0 Å². The molecule has 1 aromatic heterocycles. The number of hydrogen-bond acceptors (Lipinski definition) is 4. The van der Waals surface area contributed by atoms with Crippen LogP contribution < -0.4 is 15.4 Å². The van der Waals surface area contributed by atoms with Crippen LogP contribution >= 0.6 is 11.3 Å². The molecule has 2 aliphatic heterocycles. The lowest BCUT2D eigenvalue weighted by atomic mass is 10.1. The van der Waals surface area contributed by atoms with E-state index in [1.165, 1.54) is 23.1 Å². The van der Waals surface area contributed by atoms with Gasteiger partial charge in [-0.05, 0) is 47.0 Å². The summed E-state index contributed by atoms with van der Waals surface area (Å²) in [6, 6.07) is 8.81. The molecule has 0 radical (unpaired) electrons. The van der Waals surface area contributed by atoms with Gasteiger partial charge in [0.1, 0.15) is 5.75 Å². The number of nitrogens with zero attached hydrogens (tertiary/aromatic N) is 2. The molecule has 5 nitrogen and oxygen atoms in total. The third kappa shape index (κ3) is 4.62. The Hall–Kier alpha value is -2.05. The third-order valence-corrected chi connectivity index (χ3v) is 6.31. The second-order valence-electron chi connectivity index (χ2n) is 7.11. The van der Waals surface area contributed by atoms with E-state index in [9.17, 15) is 0 Å². The SMILES string of the molecule is CN=C(NCCc1ccc2c(c1)CCO2)NCCN1CCc2sccc2C1. The summed E-state index contributed by atoms with van der Waals surface area (Å²) in [6.45, 7) is 5.88. The van der Waals surface area contributed by atoms with Gasteiger partial charge in [0, 0.05) is 51.1 Å². The number of guanidine groups is 1. The van der Waals surface area contributed by atoms with Crippen LogP contribution in [0.15, 0.2) is 34.6 Å². The molecular weight excluding hydrogens is 356 g/mol. The number of rotatable bonds is 6. The molecule has 3 heterocycles. The van der Waals surface area contributed by atoms with Crippen molar-refractivity contribution in [2.45, 2.75) is 25.8 Å². The van der Waals surface area contributed by atoms with E-state index in [-0.39, 0.29) is 0 Å². The van der Waals surface area contributed by atoms with Gasteiger partial charge in [0.05, 0.1) is 6.61 Å². The maximum absolute atomic E-state index is 5.57. The highest BCUT2D eigenvalue weighted by atomic mass is 32.1. The smallest absolute Gasteiger partial charge is 0.191 e. The molecule has 0 bridgehead atoms. The zero-order valence-corrected chi connectivity index (χ0v) is 16.8. The predicted octanol–water partition coefficient (Wildman–Crippen LogP) is 2.45. The summed E-state index contributed by atoms with van der Waals surface area (Å²) in [4.78, 5) is 8.43. The van der Waals surface area contributed by atoms with Gasteiger partial charge in [0.15, 0.2) is 5.96 Å². The normalized spacial score (nSPS) is 16.6. The van der Waals surface area contributed by atoms with Crippen LogP contribution in [0.25, 0.3) is 0 Å². The van der Waals surface area contributed by atoms with E-state index in [0.717, 1.165) is 63.9 Å². The zero-order valence-electron chi connectivity index (χ0n) is 16.0. The molecule has 2 aliphatic rings. The number of fused-ring (bicyclic) bond motifs is 2. The van der Waals surface area contributed by atoms with Gasteiger partial charge in [-0.25, -0.2) is 0 Å². The second-order valence-corrected chi connectivity index (χ2v) is 8.11. The Morgan fingerprint density at radius 2 is 2.11 bits per heavy atom. The van der Waals surface area contributed by atoms with Gasteiger partial charge in [-0.15, -0.1) is 11.3 Å². The molecule has 4 rings (SSSR count). The van der Waals surface area contributed by atoms with Crippen molar-refractivity contribution < 1.29 is 4.74 Å². The van der Waals surface area contributed by atoms with E-state index in [4.69, 9.17) is 4.74 Å². The molecule has 0 saturated heterocycles. The predicted molar refractivity (Wildman–Crippen MR) is 112 cm³/mol. The Labute approximate surface area is 165 Å². The van der Waals surface area contributed by atoms with Gasteiger partial charge in [-0.1, -0.05) is 12.1 Å². The van der Waals surface area contributed by atoms with Crippen molar-refractivity contribution in [3.05, 3.63) is 51.2 Å². The molecule has 0 fully saturated rings. The molecule has 0 unspecified atom stereocenters. The highest BCUT2D eigenvalue weighted by Crippen LogP contribution is 2.26. The van der Waals surface area contributed by atoms with Gasteiger partial charge in [-0.3, -0.25) is 9.89 Å². The maximum Gasteiger partial charge on any atom is 0.191 e. The molecule has 1 aromatic carbocycles. The van der Waals surface area contributed by atoms with Crippen LogP contribution in [-0.2, 0) is 25.8 Å². The molecule has 144 valence electrons. The number of ether oxygens (including phenoxy) is 1. The Bertz CT molecular complexity index is 801. The van der Waals surface area contributed by atoms with Gasteiger partial charge in [0.25, 0.3) is 0 Å². The molecule has 2 aromatic rings. The molecule has 0 saturated carbocycles. The average Bonchev–Trinajstić information content (AvgIpc) is 3.35. The van der Waals surface area contributed by atoms with Gasteiger partial charge in [-0.2, -0.15) is 0 Å². The van der Waals surface area contributed by atoms with Crippen molar-refractivity contribution in [2.75, 3.05) is 39.8 Å². The minimum Gasteiger partial charge on any atom is -0.493 e. The second kappa shape index (κ2) is 8.76. The molecule has 27 heavy (non-hydrogen) atoms. The van der Waals surface area contributed by atoms with E-state index >= 15 is 0 Å². The Morgan fingerprint density at radius 1 is 1.19 bits per heavy atom. The summed E-state index contributed by atoms with van der Waals surface area (Å²) < 4.78 is 5.57. The highest BCUT2D eigenvalue weighted by molar-refractivity contribution is 7.10. The summed E-state index contributed by atoms with van der Waals surface area (Å²) in [5.41, 5.74) is 4.20.